The molecule has 0 unspecified atom stereocenters. The number of hydrogen-bond acceptors (Lipinski definition) is 5. The van der Waals surface area contributed by atoms with Crippen LogP contribution in [-0.2, 0) is 9.53 Å². The van der Waals surface area contributed by atoms with Crippen LogP contribution in [0.4, 0.5) is 0 Å². The van der Waals surface area contributed by atoms with Gasteiger partial charge in [0.2, 0.25) is 0 Å². The molecule has 0 aliphatic carbocycles. The normalized spacial score (nSPS) is 32.7. The van der Waals surface area contributed by atoms with Crippen LogP contribution in [0, 0.1) is 0 Å². The SMILES string of the molecule is CC(=O)N[C@@H]1[C@@H](O)[C@H](O)[C@@H](CO)O[C@H]1[Se]c1ccccc1. The summed E-state index contributed by atoms with van der Waals surface area (Å²) in [6.45, 7) is 0.968. The Balaban J connectivity index is 2.18. The number of hydrogen-bond donors (Lipinski definition) is 4. The molecule has 1 aromatic rings. The van der Waals surface area contributed by atoms with Crippen LogP contribution in [0.5, 0.6) is 0 Å². The molecule has 1 fully saturated rings. The van der Waals surface area contributed by atoms with E-state index in [-0.39, 0.29) is 27.5 Å². The first-order valence-electron chi connectivity index (χ1n) is 6.64. The molecule has 1 aliphatic heterocycles. The van der Waals surface area contributed by atoms with E-state index in [1.807, 2.05) is 30.3 Å². The van der Waals surface area contributed by atoms with Gasteiger partial charge < -0.3 is 0 Å². The van der Waals surface area contributed by atoms with Crippen LogP contribution in [0.15, 0.2) is 30.3 Å². The van der Waals surface area contributed by atoms with Gasteiger partial charge >= 0.3 is 129 Å². The Kier molecular flexibility index (Phi) is 5.75. The van der Waals surface area contributed by atoms with Crippen molar-refractivity contribution in [1.82, 2.24) is 5.32 Å². The van der Waals surface area contributed by atoms with Crippen LogP contribution in [0.2, 0.25) is 0 Å². The second-order valence-electron chi connectivity index (χ2n) is 4.86. The summed E-state index contributed by atoms with van der Waals surface area (Å²) in [5.41, 5.74) is 0. The molecule has 0 radical (unpaired) electrons. The number of aliphatic hydroxyl groups excluding tert-OH is 3. The second-order valence-corrected chi connectivity index (χ2v) is 7.32. The molecule has 1 aromatic carbocycles. The Morgan fingerprint density at radius 1 is 1.29 bits per heavy atom. The van der Waals surface area contributed by atoms with E-state index in [1.54, 1.807) is 0 Å². The molecule has 1 saturated heterocycles. The van der Waals surface area contributed by atoms with E-state index in [4.69, 9.17) is 4.74 Å². The number of amides is 1. The van der Waals surface area contributed by atoms with Crippen molar-refractivity contribution < 1.29 is 24.9 Å². The molecule has 0 aromatic heterocycles. The summed E-state index contributed by atoms with van der Waals surface area (Å²) < 4.78 is 6.74. The van der Waals surface area contributed by atoms with Crippen molar-refractivity contribution in [2.45, 2.75) is 36.3 Å². The maximum absolute atomic E-state index is 11.3. The third-order valence-corrected chi connectivity index (χ3v) is 5.72. The molecule has 0 bridgehead atoms. The molecule has 0 spiro atoms. The molecule has 0 saturated carbocycles. The first-order chi connectivity index (χ1) is 10.0. The number of aliphatic hydroxyl groups is 3. The average molecular weight is 360 g/mol. The number of carbonyl (C=O) groups excluding carboxylic acids is 1. The zero-order valence-electron chi connectivity index (χ0n) is 11.5. The molecule has 6 nitrogen and oxygen atoms in total. The van der Waals surface area contributed by atoms with E-state index in [9.17, 15) is 20.1 Å². The molecular weight excluding hydrogens is 341 g/mol. The van der Waals surface area contributed by atoms with Crippen molar-refractivity contribution in [3.8, 4) is 0 Å². The van der Waals surface area contributed by atoms with Crippen LogP contribution in [0.3, 0.4) is 0 Å². The van der Waals surface area contributed by atoms with Gasteiger partial charge in [0, 0.05) is 0 Å². The number of ether oxygens (including phenoxy) is 1. The van der Waals surface area contributed by atoms with Gasteiger partial charge in [-0.05, 0) is 0 Å². The molecule has 116 valence electrons. The van der Waals surface area contributed by atoms with Crippen molar-refractivity contribution >= 4 is 25.3 Å². The average Bonchev–Trinajstić information content (AvgIpc) is 2.47. The minimum atomic E-state index is -1.23. The van der Waals surface area contributed by atoms with Crippen LogP contribution >= 0.6 is 0 Å². The predicted molar refractivity (Wildman–Crippen MR) is 77.2 cm³/mol. The van der Waals surface area contributed by atoms with Gasteiger partial charge in [-0.15, -0.1) is 0 Å². The molecule has 7 heteroatoms. The van der Waals surface area contributed by atoms with E-state index in [0.29, 0.717) is 0 Å². The van der Waals surface area contributed by atoms with Crippen LogP contribution < -0.4 is 9.78 Å². The van der Waals surface area contributed by atoms with Gasteiger partial charge in [-0.1, -0.05) is 0 Å². The van der Waals surface area contributed by atoms with Crippen molar-refractivity contribution in [3.05, 3.63) is 30.3 Å². The summed E-state index contributed by atoms with van der Waals surface area (Å²) in [5.74, 6) is -0.300. The zero-order valence-corrected chi connectivity index (χ0v) is 13.3. The number of rotatable bonds is 4. The van der Waals surface area contributed by atoms with Crippen LogP contribution in [0.25, 0.3) is 0 Å². The Hall–Kier alpha value is -0.951. The molecular formula is C14H19NO5Se. The second kappa shape index (κ2) is 7.35. The topological polar surface area (TPSA) is 99.0 Å². The van der Waals surface area contributed by atoms with Crippen molar-refractivity contribution in [2.24, 2.45) is 0 Å². The number of carbonyl (C=O) groups is 1. The predicted octanol–water partition coefficient (Wildman–Crippen LogP) is -2.04. The van der Waals surface area contributed by atoms with E-state index >= 15 is 0 Å². The van der Waals surface area contributed by atoms with Gasteiger partial charge in [0.05, 0.1) is 0 Å². The molecule has 1 heterocycles. The quantitative estimate of drug-likeness (QED) is 0.464. The van der Waals surface area contributed by atoms with Crippen LogP contribution in [-0.4, -0.2) is 72.1 Å². The van der Waals surface area contributed by atoms with Gasteiger partial charge in [-0.25, -0.2) is 0 Å². The zero-order chi connectivity index (χ0) is 15.4. The minimum absolute atomic E-state index is 0.178. The van der Waals surface area contributed by atoms with E-state index in [2.05, 4.69) is 5.32 Å². The first-order valence-corrected chi connectivity index (χ1v) is 8.48. The van der Waals surface area contributed by atoms with Crippen molar-refractivity contribution in [3.63, 3.8) is 0 Å². The summed E-state index contributed by atoms with van der Waals surface area (Å²) in [5, 5.41) is 31.5. The van der Waals surface area contributed by atoms with E-state index in [0.717, 1.165) is 4.46 Å². The third-order valence-electron chi connectivity index (χ3n) is 3.25. The van der Waals surface area contributed by atoms with Gasteiger partial charge in [0.25, 0.3) is 0 Å². The fourth-order valence-electron chi connectivity index (χ4n) is 2.20. The number of nitrogens with one attached hydrogen (secondary N) is 1. The molecule has 1 aliphatic rings. The van der Waals surface area contributed by atoms with Gasteiger partial charge in [-0.3, -0.25) is 0 Å². The Morgan fingerprint density at radius 2 is 1.95 bits per heavy atom. The van der Waals surface area contributed by atoms with E-state index in [1.165, 1.54) is 6.92 Å². The van der Waals surface area contributed by atoms with Gasteiger partial charge in [0.15, 0.2) is 0 Å². The fourth-order valence-corrected chi connectivity index (χ4v) is 4.63. The van der Waals surface area contributed by atoms with E-state index < -0.39 is 29.4 Å². The maximum atomic E-state index is 11.3. The molecule has 1 amide bonds. The Labute approximate surface area is 129 Å². The molecule has 5 atom stereocenters. The van der Waals surface area contributed by atoms with Gasteiger partial charge in [0.1, 0.15) is 0 Å². The summed E-state index contributed by atoms with van der Waals surface area (Å²) in [6.07, 6.45) is -3.24. The first kappa shape index (κ1) is 16.4. The van der Waals surface area contributed by atoms with Gasteiger partial charge in [-0.2, -0.15) is 0 Å². The molecule has 4 N–H and O–H groups in total. The summed E-state index contributed by atoms with van der Waals surface area (Å²) in [7, 11) is 0. The Morgan fingerprint density at radius 3 is 2.52 bits per heavy atom. The standard InChI is InChI=1S/C14H19NO5Se/c1-8(17)15-11-13(19)12(18)10(7-16)20-14(11)21-9-5-3-2-4-6-9/h2-6,10-14,16,18-19H,7H2,1H3,(H,15,17)/t10-,11-,12-,13-,14+/m1/s1. The summed E-state index contributed by atoms with van der Waals surface area (Å²) >= 11 is -0.178. The molecule has 2 rings (SSSR count). The summed E-state index contributed by atoms with van der Waals surface area (Å²) in [6, 6.07) is 8.91. The summed E-state index contributed by atoms with van der Waals surface area (Å²) in [4.78, 5) is 11.3. The van der Waals surface area contributed by atoms with Crippen LogP contribution in [0.1, 0.15) is 6.92 Å². The Bertz CT molecular complexity index is 472. The molecule has 21 heavy (non-hydrogen) atoms. The third kappa shape index (κ3) is 4.03. The van der Waals surface area contributed by atoms with Crippen molar-refractivity contribution in [1.29, 1.82) is 0 Å². The fraction of sp³-hybridized carbons (Fsp3) is 0.500. The number of benzene rings is 1. The monoisotopic (exact) mass is 361 g/mol. The van der Waals surface area contributed by atoms with Crippen molar-refractivity contribution in [2.75, 3.05) is 6.61 Å².